The predicted octanol–water partition coefficient (Wildman–Crippen LogP) is 17.3. The first kappa shape index (κ1) is 39.7. The van der Waals surface area contributed by atoms with Crippen molar-refractivity contribution in [3.63, 3.8) is 0 Å². The molecule has 6 nitrogen and oxygen atoms in total. The average Bonchev–Trinajstić information content (AvgIpc) is 4.26. The third-order valence-electron chi connectivity index (χ3n) is 15.9. The van der Waals surface area contributed by atoms with Crippen LogP contribution in [0.4, 0.5) is 0 Å². The second kappa shape index (κ2) is 14.8. The fourth-order valence-corrected chi connectivity index (χ4v) is 12.8. The van der Waals surface area contributed by atoms with Gasteiger partial charge < -0.3 is 13.7 Å². The topological polar surface area (TPSA) is 45.5 Å². The second-order valence-electron chi connectivity index (χ2n) is 19.7. The molecule has 0 N–H and O–H groups in total. The van der Waals surface area contributed by atoms with E-state index in [9.17, 15) is 0 Å². The zero-order valence-corrected chi connectivity index (χ0v) is 39.8. The molecule has 0 radical (unpaired) electrons. The molecule has 0 bridgehead atoms. The first-order valence-electron chi connectivity index (χ1n) is 25.3. The van der Waals surface area contributed by atoms with E-state index in [-0.39, 0.29) is 0 Å². The number of nitrogens with zero attached hydrogens (tertiary/aromatic N) is 6. The molecule has 0 unspecified atom stereocenters. The molecule has 5 heterocycles. The van der Waals surface area contributed by atoms with Crippen LogP contribution in [0.15, 0.2) is 243 Å². The molecule has 0 aliphatic heterocycles. The van der Waals surface area contributed by atoms with Gasteiger partial charge in [-0.3, -0.25) is 4.57 Å². The molecule has 17 rings (SSSR count). The summed E-state index contributed by atoms with van der Waals surface area (Å²) in [7, 11) is 0. The normalized spacial score (nSPS) is 12.3. The lowest BCUT2D eigenvalue weighted by molar-refractivity contribution is 0.999. The fraction of sp³-hybridized carbons (Fsp3) is 0. The highest BCUT2D eigenvalue weighted by atomic mass is 15.2. The minimum Gasteiger partial charge on any atom is -0.309 e. The molecule has 11 aromatic carbocycles. The largest absolute Gasteiger partial charge is 0.309 e. The van der Waals surface area contributed by atoms with Crippen molar-refractivity contribution in [2.75, 3.05) is 0 Å². The van der Waals surface area contributed by atoms with E-state index in [1.165, 1.54) is 70.7 Å². The molecule has 342 valence electrons. The molecule has 0 atom stereocenters. The molecule has 0 saturated carbocycles. The van der Waals surface area contributed by atoms with Crippen LogP contribution >= 0.6 is 0 Å². The molecular weight excluding hydrogens is 901 g/mol. The lowest BCUT2D eigenvalue weighted by Crippen LogP contribution is -2.05. The van der Waals surface area contributed by atoms with Crippen molar-refractivity contribution in [2.45, 2.75) is 0 Å². The Morgan fingerprint density at radius 3 is 1.11 bits per heavy atom. The van der Waals surface area contributed by atoms with Crippen molar-refractivity contribution in [3.05, 3.63) is 243 Å². The summed E-state index contributed by atoms with van der Waals surface area (Å²) in [4.78, 5) is 11.3. The SMILES string of the molecule is c1cc2c3c(cccc3c1)-c1c(-c3ccc(-n4c5ccccc5c5cc(-n6c7ccccc7c7ccccc76)ccc54)cc3)nc(-n3c4ccccc4c4cc(-n5c6ccccc6c6ccccc65)ccc43)nc1-2. The van der Waals surface area contributed by atoms with Crippen LogP contribution in [0, 0.1) is 0 Å². The zero-order chi connectivity index (χ0) is 48.2. The van der Waals surface area contributed by atoms with E-state index >= 15 is 0 Å². The highest BCUT2D eigenvalue weighted by Crippen LogP contribution is 2.50. The van der Waals surface area contributed by atoms with Gasteiger partial charge in [0.25, 0.3) is 0 Å². The number of benzene rings is 11. The van der Waals surface area contributed by atoms with E-state index in [2.05, 4.69) is 261 Å². The van der Waals surface area contributed by atoms with Crippen LogP contribution in [-0.2, 0) is 0 Å². The number of hydrogen-bond donors (Lipinski definition) is 0. The maximum Gasteiger partial charge on any atom is 0.235 e. The van der Waals surface area contributed by atoms with Crippen LogP contribution in [0.2, 0.25) is 0 Å². The Kier molecular flexibility index (Phi) is 7.91. The third-order valence-corrected chi connectivity index (χ3v) is 15.9. The van der Waals surface area contributed by atoms with E-state index in [1.807, 2.05) is 0 Å². The average molecular weight is 941 g/mol. The second-order valence-corrected chi connectivity index (χ2v) is 19.7. The minimum absolute atomic E-state index is 0.643. The maximum atomic E-state index is 5.69. The third kappa shape index (κ3) is 5.32. The fourth-order valence-electron chi connectivity index (χ4n) is 12.8. The highest BCUT2D eigenvalue weighted by Gasteiger charge is 2.29. The van der Waals surface area contributed by atoms with Crippen LogP contribution in [-0.4, -0.2) is 28.2 Å². The van der Waals surface area contributed by atoms with Crippen LogP contribution in [0.5, 0.6) is 0 Å². The molecular formula is C68H40N6. The molecule has 6 heteroatoms. The Labute approximate surface area is 423 Å². The molecule has 0 saturated heterocycles. The summed E-state index contributed by atoms with van der Waals surface area (Å²) in [6.45, 7) is 0. The maximum absolute atomic E-state index is 5.69. The first-order valence-corrected chi connectivity index (χ1v) is 25.3. The van der Waals surface area contributed by atoms with Gasteiger partial charge in [0.15, 0.2) is 0 Å². The van der Waals surface area contributed by atoms with E-state index in [0.29, 0.717) is 5.95 Å². The molecule has 0 fully saturated rings. The number of para-hydroxylation sites is 6. The summed E-state index contributed by atoms with van der Waals surface area (Å²) < 4.78 is 9.47. The van der Waals surface area contributed by atoms with Crippen LogP contribution in [0.25, 0.3) is 155 Å². The highest BCUT2D eigenvalue weighted by molar-refractivity contribution is 6.18. The van der Waals surface area contributed by atoms with Gasteiger partial charge in [0.05, 0.1) is 55.5 Å². The summed E-state index contributed by atoms with van der Waals surface area (Å²) in [5.41, 5.74) is 18.8. The monoisotopic (exact) mass is 940 g/mol. The van der Waals surface area contributed by atoms with Gasteiger partial charge in [0.2, 0.25) is 5.95 Å². The molecule has 16 aromatic rings. The van der Waals surface area contributed by atoms with Gasteiger partial charge in [-0.2, -0.15) is 0 Å². The van der Waals surface area contributed by atoms with Crippen molar-refractivity contribution in [2.24, 2.45) is 0 Å². The Balaban J connectivity index is 0.850. The van der Waals surface area contributed by atoms with Crippen molar-refractivity contribution in [1.29, 1.82) is 0 Å². The van der Waals surface area contributed by atoms with Crippen molar-refractivity contribution in [3.8, 4) is 56.7 Å². The number of rotatable bonds is 5. The Morgan fingerprint density at radius 1 is 0.257 bits per heavy atom. The van der Waals surface area contributed by atoms with Gasteiger partial charge in [0, 0.05) is 76.8 Å². The Bertz CT molecular complexity index is 4970. The van der Waals surface area contributed by atoms with Crippen LogP contribution in [0.1, 0.15) is 0 Å². The van der Waals surface area contributed by atoms with Crippen LogP contribution < -0.4 is 0 Å². The van der Waals surface area contributed by atoms with Crippen molar-refractivity contribution >= 4 is 98.0 Å². The summed E-state index contributed by atoms with van der Waals surface area (Å²) in [6.07, 6.45) is 0. The predicted molar refractivity (Wildman–Crippen MR) is 307 cm³/mol. The van der Waals surface area contributed by atoms with Gasteiger partial charge in [-0.25, -0.2) is 9.97 Å². The summed E-state index contributed by atoms with van der Waals surface area (Å²) >= 11 is 0. The standard InChI is InChI=1S/C68H40N6/c1-7-25-56-46(17-1)47-18-2-8-26-57(47)72(56)44-35-37-62-54(39-44)50-21-5-11-29-60(50)71(62)43-33-31-42(32-34-43)66-65-52-23-13-15-41-16-14-24-53(64(41)52)67(65)70-68(69-66)74-61-30-12-6-22-51(61)55-40-45(36-38-63(55)74)73-58-27-9-3-19-48(58)49-20-4-10-28-59(49)73/h1-40H. The van der Waals surface area contributed by atoms with Gasteiger partial charge >= 0.3 is 0 Å². The van der Waals surface area contributed by atoms with Gasteiger partial charge in [-0.05, 0) is 101 Å². The number of fused-ring (bicyclic) bond motifs is 15. The Hall–Kier alpha value is -10.0. The molecule has 74 heavy (non-hydrogen) atoms. The van der Waals surface area contributed by atoms with E-state index < -0.39 is 0 Å². The molecule has 1 aliphatic carbocycles. The quantitative estimate of drug-likeness (QED) is 0.173. The van der Waals surface area contributed by atoms with E-state index in [0.717, 1.165) is 78.0 Å². The van der Waals surface area contributed by atoms with Crippen LogP contribution in [0.3, 0.4) is 0 Å². The van der Waals surface area contributed by atoms with Gasteiger partial charge in [0.1, 0.15) is 0 Å². The van der Waals surface area contributed by atoms with Gasteiger partial charge in [-0.1, -0.05) is 158 Å². The summed E-state index contributed by atoms with van der Waals surface area (Å²) in [5.74, 6) is 0.643. The van der Waals surface area contributed by atoms with Crippen molar-refractivity contribution < 1.29 is 0 Å². The zero-order valence-electron chi connectivity index (χ0n) is 39.8. The Morgan fingerprint density at radius 2 is 0.622 bits per heavy atom. The smallest absolute Gasteiger partial charge is 0.235 e. The molecule has 0 spiro atoms. The molecule has 0 amide bonds. The summed E-state index contributed by atoms with van der Waals surface area (Å²) in [5, 5.41) is 12.1. The van der Waals surface area contributed by atoms with E-state index in [1.54, 1.807) is 0 Å². The lowest BCUT2D eigenvalue weighted by atomic mass is 9.99. The number of aromatic nitrogens is 6. The van der Waals surface area contributed by atoms with E-state index in [4.69, 9.17) is 9.97 Å². The lowest BCUT2D eigenvalue weighted by Gasteiger charge is -2.15. The number of hydrogen-bond acceptors (Lipinski definition) is 2. The summed E-state index contributed by atoms with van der Waals surface area (Å²) in [6, 6.07) is 88.3. The first-order chi connectivity index (χ1) is 36.7. The molecule has 1 aliphatic rings. The van der Waals surface area contributed by atoms with Gasteiger partial charge in [-0.15, -0.1) is 0 Å². The minimum atomic E-state index is 0.643. The molecule has 5 aromatic heterocycles. The van der Waals surface area contributed by atoms with Crippen molar-refractivity contribution in [1.82, 2.24) is 28.2 Å².